The molecule has 0 saturated carbocycles. The Morgan fingerprint density at radius 1 is 1.04 bits per heavy atom. The number of sulfonamides is 1. The van der Waals surface area contributed by atoms with E-state index in [2.05, 4.69) is 10.0 Å². The van der Waals surface area contributed by atoms with E-state index < -0.39 is 14.9 Å². The predicted octanol–water partition coefficient (Wildman–Crippen LogP) is 1.30. The topological polar surface area (TPSA) is 118 Å². The Balaban J connectivity index is 1.90. The van der Waals surface area contributed by atoms with Crippen molar-refractivity contribution in [1.82, 2.24) is 10.0 Å². The highest BCUT2D eigenvalue weighted by atomic mass is 32.2. The van der Waals surface area contributed by atoms with Crippen LogP contribution in [0.2, 0.25) is 0 Å². The van der Waals surface area contributed by atoms with Gasteiger partial charge >= 0.3 is 0 Å². The van der Waals surface area contributed by atoms with Crippen LogP contribution in [0.1, 0.15) is 10.4 Å². The van der Waals surface area contributed by atoms with Crippen molar-refractivity contribution in [3.05, 3.63) is 70.3 Å². The van der Waals surface area contributed by atoms with E-state index in [4.69, 9.17) is 0 Å². The van der Waals surface area contributed by atoms with Crippen molar-refractivity contribution in [2.75, 3.05) is 13.1 Å². The molecule has 0 atom stereocenters. The zero-order valence-corrected chi connectivity index (χ0v) is 13.3. The van der Waals surface area contributed by atoms with Gasteiger partial charge in [-0.15, -0.1) is 0 Å². The lowest BCUT2D eigenvalue weighted by atomic mass is 10.2. The second-order valence-corrected chi connectivity index (χ2v) is 6.54. The summed E-state index contributed by atoms with van der Waals surface area (Å²) in [7, 11) is -3.88. The van der Waals surface area contributed by atoms with E-state index in [0.29, 0.717) is 5.56 Å². The number of carbonyl (C=O) groups is 1. The molecule has 0 unspecified atom stereocenters. The number of nitro benzene ring substituents is 1. The van der Waals surface area contributed by atoms with E-state index in [1.165, 1.54) is 18.2 Å². The summed E-state index contributed by atoms with van der Waals surface area (Å²) in [6.45, 7) is 0.0471. The van der Waals surface area contributed by atoms with Crippen LogP contribution in [0.15, 0.2) is 59.5 Å². The molecule has 126 valence electrons. The van der Waals surface area contributed by atoms with Crippen molar-refractivity contribution >= 4 is 21.6 Å². The van der Waals surface area contributed by atoms with Gasteiger partial charge in [0.25, 0.3) is 11.6 Å². The predicted molar refractivity (Wildman–Crippen MR) is 87.1 cm³/mol. The molecule has 0 saturated heterocycles. The summed E-state index contributed by atoms with van der Waals surface area (Å²) in [5, 5.41) is 13.3. The summed E-state index contributed by atoms with van der Waals surface area (Å²) < 4.78 is 26.4. The fourth-order valence-corrected chi connectivity index (χ4v) is 2.97. The van der Waals surface area contributed by atoms with Gasteiger partial charge in [-0.05, 0) is 18.2 Å². The molecule has 2 rings (SSSR count). The van der Waals surface area contributed by atoms with Gasteiger partial charge in [0.1, 0.15) is 0 Å². The third-order valence-electron chi connectivity index (χ3n) is 3.08. The Hall–Kier alpha value is -2.78. The van der Waals surface area contributed by atoms with Gasteiger partial charge < -0.3 is 5.32 Å². The number of amides is 1. The second-order valence-electron chi connectivity index (χ2n) is 4.77. The fraction of sp³-hybridized carbons (Fsp3) is 0.133. The first-order valence-corrected chi connectivity index (χ1v) is 8.46. The Labute approximate surface area is 138 Å². The summed E-state index contributed by atoms with van der Waals surface area (Å²) in [4.78, 5) is 21.6. The first kappa shape index (κ1) is 17.6. The van der Waals surface area contributed by atoms with Crippen LogP contribution in [0.5, 0.6) is 0 Å². The molecule has 0 aliphatic heterocycles. The average Bonchev–Trinajstić information content (AvgIpc) is 2.59. The van der Waals surface area contributed by atoms with E-state index in [0.717, 1.165) is 6.07 Å². The maximum Gasteiger partial charge on any atom is 0.270 e. The summed E-state index contributed by atoms with van der Waals surface area (Å²) >= 11 is 0. The number of non-ortho nitro benzene ring substituents is 1. The molecule has 8 nitrogen and oxygen atoms in total. The van der Waals surface area contributed by atoms with Gasteiger partial charge in [0.2, 0.25) is 10.0 Å². The highest BCUT2D eigenvalue weighted by Gasteiger charge is 2.17. The number of carbonyl (C=O) groups excluding carboxylic acids is 1. The quantitative estimate of drug-likeness (QED) is 0.444. The van der Waals surface area contributed by atoms with Crippen molar-refractivity contribution in [3.8, 4) is 0 Å². The van der Waals surface area contributed by atoms with Crippen molar-refractivity contribution in [1.29, 1.82) is 0 Å². The molecular formula is C15H15N3O5S. The molecule has 9 heteroatoms. The zero-order valence-electron chi connectivity index (χ0n) is 12.5. The number of rotatable bonds is 7. The maximum absolute atomic E-state index is 12.1. The zero-order chi connectivity index (χ0) is 17.6. The molecule has 0 aliphatic carbocycles. The molecule has 2 aromatic rings. The minimum absolute atomic E-state index is 0.0381. The Bertz CT molecular complexity index is 837. The number of nitrogens with one attached hydrogen (secondary N) is 2. The van der Waals surface area contributed by atoms with Gasteiger partial charge in [0.05, 0.1) is 9.82 Å². The second kappa shape index (κ2) is 7.66. The summed E-state index contributed by atoms with van der Waals surface area (Å²) in [6.07, 6.45) is 0. The van der Waals surface area contributed by atoms with Crippen LogP contribution in [0, 0.1) is 10.1 Å². The van der Waals surface area contributed by atoms with Crippen LogP contribution in [0.3, 0.4) is 0 Å². The van der Waals surface area contributed by atoms with E-state index in [9.17, 15) is 23.3 Å². The van der Waals surface area contributed by atoms with Crippen LogP contribution in [0.25, 0.3) is 0 Å². The fourth-order valence-electron chi connectivity index (χ4n) is 1.90. The minimum atomic E-state index is -3.88. The number of benzene rings is 2. The van der Waals surface area contributed by atoms with Crippen LogP contribution in [-0.4, -0.2) is 32.3 Å². The highest BCUT2D eigenvalue weighted by Crippen LogP contribution is 2.16. The van der Waals surface area contributed by atoms with Crippen LogP contribution in [-0.2, 0) is 10.0 Å². The van der Waals surface area contributed by atoms with Crippen molar-refractivity contribution < 1.29 is 18.1 Å². The van der Waals surface area contributed by atoms with E-state index in [-0.39, 0.29) is 29.6 Å². The molecule has 0 spiro atoms. The standard InChI is InChI=1S/C15H15N3O5S/c19-15(12-5-2-1-3-6-12)16-9-10-17-24(22,23)14-8-4-7-13(11-14)18(20)21/h1-8,11,17H,9-10H2,(H,16,19). The van der Waals surface area contributed by atoms with E-state index in [1.807, 2.05) is 0 Å². The van der Waals surface area contributed by atoms with Crippen LogP contribution in [0.4, 0.5) is 5.69 Å². The van der Waals surface area contributed by atoms with Crippen molar-refractivity contribution in [2.24, 2.45) is 0 Å². The molecule has 1 amide bonds. The monoisotopic (exact) mass is 349 g/mol. The Morgan fingerprint density at radius 3 is 2.42 bits per heavy atom. The van der Waals surface area contributed by atoms with E-state index in [1.54, 1.807) is 30.3 Å². The van der Waals surface area contributed by atoms with E-state index >= 15 is 0 Å². The van der Waals surface area contributed by atoms with Crippen molar-refractivity contribution in [3.63, 3.8) is 0 Å². The summed E-state index contributed by atoms with van der Waals surface area (Å²) in [5.74, 6) is -0.315. The lowest BCUT2D eigenvalue weighted by Gasteiger charge is -2.08. The molecule has 0 radical (unpaired) electrons. The van der Waals surface area contributed by atoms with Crippen LogP contribution < -0.4 is 10.0 Å². The SMILES string of the molecule is O=C(NCCNS(=O)(=O)c1cccc([N+](=O)[O-])c1)c1ccccc1. The van der Waals surface area contributed by atoms with Crippen molar-refractivity contribution in [2.45, 2.75) is 4.90 Å². The van der Waals surface area contributed by atoms with Gasteiger partial charge in [-0.2, -0.15) is 0 Å². The molecule has 2 aromatic carbocycles. The molecule has 0 bridgehead atoms. The maximum atomic E-state index is 12.1. The Kier molecular flexibility index (Phi) is 5.61. The molecule has 0 aliphatic rings. The molecule has 24 heavy (non-hydrogen) atoms. The summed E-state index contributed by atoms with van der Waals surface area (Å²) in [5.41, 5.74) is 0.161. The molecule has 0 fully saturated rings. The highest BCUT2D eigenvalue weighted by molar-refractivity contribution is 7.89. The van der Waals surface area contributed by atoms with Gasteiger partial charge in [-0.25, -0.2) is 13.1 Å². The molecule has 0 aromatic heterocycles. The normalized spacial score (nSPS) is 11.0. The molecular weight excluding hydrogens is 334 g/mol. The van der Waals surface area contributed by atoms with Gasteiger partial charge in [0, 0.05) is 30.8 Å². The van der Waals surface area contributed by atoms with Gasteiger partial charge in [-0.3, -0.25) is 14.9 Å². The van der Waals surface area contributed by atoms with Gasteiger partial charge in [-0.1, -0.05) is 24.3 Å². The molecule has 2 N–H and O–H groups in total. The van der Waals surface area contributed by atoms with Crippen LogP contribution >= 0.6 is 0 Å². The number of nitro groups is 1. The van der Waals surface area contributed by atoms with Gasteiger partial charge in [0.15, 0.2) is 0 Å². The Morgan fingerprint density at radius 2 is 1.75 bits per heavy atom. The molecule has 0 heterocycles. The first-order valence-electron chi connectivity index (χ1n) is 6.97. The average molecular weight is 349 g/mol. The first-order chi connectivity index (χ1) is 11.4. The third-order valence-corrected chi connectivity index (χ3v) is 4.54. The lowest BCUT2D eigenvalue weighted by Crippen LogP contribution is -2.34. The lowest BCUT2D eigenvalue weighted by molar-refractivity contribution is -0.385. The number of hydrogen-bond acceptors (Lipinski definition) is 5. The minimum Gasteiger partial charge on any atom is -0.351 e. The summed E-state index contributed by atoms with van der Waals surface area (Å²) in [6, 6.07) is 13.3. The smallest absolute Gasteiger partial charge is 0.270 e. The number of hydrogen-bond donors (Lipinski definition) is 2. The number of nitrogens with zero attached hydrogens (tertiary/aromatic N) is 1. The third kappa shape index (κ3) is 4.61. The largest absolute Gasteiger partial charge is 0.351 e.